The van der Waals surface area contributed by atoms with Gasteiger partial charge >= 0.3 is 6.18 Å². The van der Waals surface area contributed by atoms with Gasteiger partial charge in [0.1, 0.15) is 12.4 Å². The lowest BCUT2D eigenvalue weighted by Gasteiger charge is -2.42. The van der Waals surface area contributed by atoms with Crippen LogP contribution in [0.15, 0.2) is 36.7 Å². The summed E-state index contributed by atoms with van der Waals surface area (Å²) in [5.74, 6) is 0.0982. The number of carbonyl (C=O) groups excluding carboxylic acids is 1. The van der Waals surface area contributed by atoms with Crippen molar-refractivity contribution in [2.24, 2.45) is 0 Å². The maximum absolute atomic E-state index is 14.1. The third-order valence-corrected chi connectivity index (χ3v) is 8.87. The van der Waals surface area contributed by atoms with Crippen molar-refractivity contribution >= 4 is 34.2 Å². The Morgan fingerprint density at radius 1 is 1.23 bits per heavy atom. The summed E-state index contributed by atoms with van der Waals surface area (Å²) in [7, 11) is 0. The van der Waals surface area contributed by atoms with E-state index < -0.39 is 22.8 Å². The van der Waals surface area contributed by atoms with Crippen LogP contribution in [0.5, 0.6) is 5.75 Å². The predicted octanol–water partition coefficient (Wildman–Crippen LogP) is 5.55. The molecule has 1 amide bonds. The highest BCUT2D eigenvalue weighted by Gasteiger charge is 2.49. The van der Waals surface area contributed by atoms with Gasteiger partial charge in [-0.3, -0.25) is 9.69 Å². The molecule has 1 saturated heterocycles. The molecule has 0 bridgehead atoms. The van der Waals surface area contributed by atoms with Crippen LogP contribution in [-0.4, -0.2) is 56.8 Å². The van der Waals surface area contributed by atoms with Gasteiger partial charge in [0.25, 0.3) is 0 Å². The number of nitrogens with one attached hydrogen (secondary N) is 1. The van der Waals surface area contributed by atoms with Crippen LogP contribution >= 0.6 is 11.6 Å². The molecule has 6 rings (SSSR count). The molecule has 208 valence electrons. The topological polar surface area (TPSA) is 79.6 Å². The van der Waals surface area contributed by atoms with Crippen molar-refractivity contribution in [3.63, 3.8) is 0 Å². The molecule has 0 unspecified atom stereocenters. The molecular formula is C28H30ClF3N4O3. The molecule has 2 fully saturated rings. The first-order valence-electron chi connectivity index (χ1n) is 13.1. The molecule has 3 aromatic rings. The Hall–Kier alpha value is -2.82. The lowest BCUT2D eigenvalue weighted by Crippen LogP contribution is -2.50. The average molecular weight is 563 g/mol. The molecule has 3 heterocycles. The Morgan fingerprint density at radius 2 is 1.95 bits per heavy atom. The normalized spacial score (nSPS) is 25.4. The predicted molar refractivity (Wildman–Crippen MR) is 141 cm³/mol. The molecular weight excluding hydrogens is 533 g/mol. The Kier molecular flexibility index (Phi) is 6.17. The summed E-state index contributed by atoms with van der Waals surface area (Å²) in [5, 5.41) is 13.6. The standard InChI is InChI=1S/C28H30ClF3N4O3/c1-16(35-7-5-27(6-8-35)20-9-17(29)3-4-22(20)34-25(27)37)14-39-19-10-21(28(30,31)32)24-23(11-19)33-15-36(24)18-12-26(2,38)13-18/h3-4,9-11,15-16,18,38H,5-8,12-14H2,1-2H3,(H,34,37)/t16-,18?,26?/m0/s1. The Balaban J connectivity index is 1.15. The van der Waals surface area contributed by atoms with E-state index in [1.54, 1.807) is 19.1 Å². The second kappa shape index (κ2) is 9.11. The lowest BCUT2D eigenvalue weighted by molar-refractivity contribution is -0.136. The summed E-state index contributed by atoms with van der Waals surface area (Å²) < 4.78 is 49.7. The minimum Gasteiger partial charge on any atom is -0.492 e. The molecule has 11 heteroatoms. The first kappa shape index (κ1) is 26.4. The van der Waals surface area contributed by atoms with E-state index in [0.717, 1.165) is 17.3 Å². The zero-order valence-corrected chi connectivity index (χ0v) is 22.4. The van der Waals surface area contributed by atoms with Crippen molar-refractivity contribution in [1.29, 1.82) is 0 Å². The number of nitrogens with zero attached hydrogens (tertiary/aromatic N) is 3. The number of aliphatic hydroxyl groups is 1. The van der Waals surface area contributed by atoms with Gasteiger partial charge in [-0.25, -0.2) is 4.98 Å². The number of aromatic nitrogens is 2. The number of fused-ring (bicyclic) bond motifs is 3. The molecule has 2 aromatic carbocycles. The Labute approximate surface area is 228 Å². The van der Waals surface area contributed by atoms with Crippen LogP contribution in [-0.2, 0) is 16.4 Å². The number of likely N-dealkylation sites (tertiary alicyclic amines) is 1. The van der Waals surface area contributed by atoms with Crippen LogP contribution in [0.25, 0.3) is 11.0 Å². The van der Waals surface area contributed by atoms with E-state index in [-0.39, 0.29) is 41.4 Å². The minimum atomic E-state index is -4.59. The van der Waals surface area contributed by atoms with Crippen molar-refractivity contribution in [2.75, 3.05) is 25.0 Å². The van der Waals surface area contributed by atoms with Crippen LogP contribution in [0.1, 0.15) is 56.7 Å². The molecule has 1 aliphatic carbocycles. The molecule has 1 saturated carbocycles. The quantitative estimate of drug-likeness (QED) is 0.426. The number of imidazole rings is 1. The highest BCUT2D eigenvalue weighted by Crippen LogP contribution is 2.47. The number of benzene rings is 2. The lowest BCUT2D eigenvalue weighted by atomic mass is 9.73. The van der Waals surface area contributed by atoms with Gasteiger partial charge < -0.3 is 19.7 Å². The Morgan fingerprint density at radius 3 is 2.62 bits per heavy atom. The number of carbonyl (C=O) groups is 1. The molecule has 0 radical (unpaired) electrons. The van der Waals surface area contributed by atoms with Crippen molar-refractivity contribution in [3.05, 3.63) is 52.8 Å². The van der Waals surface area contributed by atoms with Gasteiger partial charge in [0.2, 0.25) is 5.91 Å². The molecule has 39 heavy (non-hydrogen) atoms. The van der Waals surface area contributed by atoms with Crippen LogP contribution < -0.4 is 10.1 Å². The molecule has 7 nitrogen and oxygen atoms in total. The van der Waals surface area contributed by atoms with Crippen molar-refractivity contribution < 1.29 is 27.8 Å². The SMILES string of the molecule is C[C@@H](COc1cc(C(F)(F)F)c2c(c1)ncn2C1CC(C)(O)C1)N1CCC2(CC1)C(=O)Nc1ccc(Cl)cc12. The highest BCUT2D eigenvalue weighted by atomic mass is 35.5. The fourth-order valence-corrected chi connectivity index (χ4v) is 6.60. The summed E-state index contributed by atoms with van der Waals surface area (Å²) >= 11 is 6.21. The number of rotatable bonds is 5. The summed E-state index contributed by atoms with van der Waals surface area (Å²) in [6.45, 7) is 5.13. The number of anilines is 1. The van der Waals surface area contributed by atoms with E-state index >= 15 is 0 Å². The maximum atomic E-state index is 14.1. The van der Waals surface area contributed by atoms with E-state index in [9.17, 15) is 23.1 Å². The van der Waals surface area contributed by atoms with E-state index in [1.165, 1.54) is 10.9 Å². The van der Waals surface area contributed by atoms with Crippen LogP contribution in [0.2, 0.25) is 5.02 Å². The third-order valence-electron chi connectivity index (χ3n) is 8.64. The van der Waals surface area contributed by atoms with Crippen LogP contribution in [0.3, 0.4) is 0 Å². The van der Waals surface area contributed by atoms with Gasteiger partial charge in [0.05, 0.1) is 33.9 Å². The second-order valence-electron chi connectivity index (χ2n) is 11.5. The van der Waals surface area contributed by atoms with Crippen molar-refractivity contribution in [1.82, 2.24) is 14.5 Å². The first-order valence-corrected chi connectivity index (χ1v) is 13.5. The zero-order chi connectivity index (χ0) is 27.7. The van der Waals surface area contributed by atoms with E-state index in [1.807, 2.05) is 19.1 Å². The summed E-state index contributed by atoms with van der Waals surface area (Å²) in [6.07, 6.45) is -1.18. The van der Waals surface area contributed by atoms with Crippen molar-refractivity contribution in [2.45, 2.75) is 68.8 Å². The van der Waals surface area contributed by atoms with Gasteiger partial charge in [-0.2, -0.15) is 13.2 Å². The van der Waals surface area contributed by atoms with E-state index in [4.69, 9.17) is 16.3 Å². The third kappa shape index (κ3) is 4.56. The van der Waals surface area contributed by atoms with Crippen LogP contribution in [0, 0.1) is 0 Å². The van der Waals surface area contributed by atoms with E-state index in [2.05, 4.69) is 15.2 Å². The first-order chi connectivity index (χ1) is 18.4. The number of piperidine rings is 1. The number of halogens is 4. The van der Waals surface area contributed by atoms with Gasteiger partial charge in [0.15, 0.2) is 0 Å². The monoisotopic (exact) mass is 562 g/mol. The van der Waals surface area contributed by atoms with Gasteiger partial charge in [0, 0.05) is 28.9 Å². The Bertz CT molecular complexity index is 1440. The van der Waals surface area contributed by atoms with E-state index in [0.29, 0.717) is 43.8 Å². The summed E-state index contributed by atoms with van der Waals surface area (Å²) in [5.41, 5.74) is -0.321. The largest absolute Gasteiger partial charge is 0.492 e. The average Bonchev–Trinajstić information content (AvgIpc) is 3.39. The highest BCUT2D eigenvalue weighted by molar-refractivity contribution is 6.31. The maximum Gasteiger partial charge on any atom is 0.418 e. The van der Waals surface area contributed by atoms with Crippen molar-refractivity contribution in [3.8, 4) is 5.75 Å². The number of hydrogen-bond acceptors (Lipinski definition) is 5. The number of hydrogen-bond donors (Lipinski definition) is 2. The molecule has 1 atom stereocenters. The molecule has 2 aliphatic heterocycles. The minimum absolute atomic E-state index is 0.0127. The fourth-order valence-electron chi connectivity index (χ4n) is 6.42. The van der Waals surface area contributed by atoms with Gasteiger partial charge in [-0.1, -0.05) is 11.6 Å². The zero-order valence-electron chi connectivity index (χ0n) is 21.7. The molecule has 2 N–H and O–H groups in total. The number of ether oxygens (including phenoxy) is 1. The summed E-state index contributed by atoms with van der Waals surface area (Å²) in [6, 6.07) is 7.73. The number of amides is 1. The number of alkyl halides is 3. The molecule has 1 aromatic heterocycles. The summed E-state index contributed by atoms with van der Waals surface area (Å²) in [4.78, 5) is 19.3. The smallest absolute Gasteiger partial charge is 0.418 e. The molecule has 3 aliphatic rings. The van der Waals surface area contributed by atoms with Gasteiger partial charge in [-0.15, -0.1) is 0 Å². The van der Waals surface area contributed by atoms with Gasteiger partial charge in [-0.05, 0) is 82.4 Å². The van der Waals surface area contributed by atoms with Crippen LogP contribution in [0.4, 0.5) is 18.9 Å². The molecule has 1 spiro atoms. The fraction of sp³-hybridized carbons (Fsp3) is 0.500. The second-order valence-corrected chi connectivity index (χ2v) is 11.9.